The van der Waals surface area contributed by atoms with Gasteiger partial charge < -0.3 is 44.2 Å². The van der Waals surface area contributed by atoms with E-state index in [1.54, 1.807) is 31.2 Å². The number of fused-ring (bicyclic) bond motifs is 2. The van der Waals surface area contributed by atoms with Gasteiger partial charge in [0.05, 0.1) is 31.8 Å². The minimum Gasteiger partial charge on any atom is -0.497 e. The number of aliphatic hydroxyl groups is 2. The molecule has 12 heteroatoms. The van der Waals surface area contributed by atoms with E-state index in [1.165, 1.54) is 0 Å². The molecule has 2 amide bonds. The van der Waals surface area contributed by atoms with Crippen LogP contribution in [0.2, 0.25) is 0 Å². The van der Waals surface area contributed by atoms with Crippen LogP contribution in [-0.2, 0) is 27.3 Å². The van der Waals surface area contributed by atoms with Gasteiger partial charge in [-0.05, 0) is 105 Å². The minimum absolute atomic E-state index is 0.0110. The molecule has 0 saturated heterocycles. The summed E-state index contributed by atoms with van der Waals surface area (Å²) < 4.78 is 25.6. The zero-order valence-corrected chi connectivity index (χ0v) is 36.3. The molecule has 328 valence electrons. The van der Waals surface area contributed by atoms with E-state index in [-0.39, 0.29) is 56.3 Å². The second-order valence-corrected chi connectivity index (χ2v) is 17.2. The number of carbonyl (C=O) groups is 2. The van der Waals surface area contributed by atoms with Crippen molar-refractivity contribution in [1.29, 1.82) is 0 Å². The Morgan fingerprint density at radius 1 is 0.967 bits per heavy atom. The molecule has 2 aliphatic carbocycles. The van der Waals surface area contributed by atoms with E-state index in [0.29, 0.717) is 42.3 Å². The van der Waals surface area contributed by atoms with Gasteiger partial charge in [-0.15, -0.1) is 6.58 Å². The Bertz CT molecular complexity index is 2030. The molecule has 1 heterocycles. The highest BCUT2D eigenvalue weighted by Gasteiger charge is 2.65. The van der Waals surface area contributed by atoms with Crippen molar-refractivity contribution in [2.75, 3.05) is 34.0 Å². The largest absolute Gasteiger partial charge is 0.497 e. The van der Waals surface area contributed by atoms with Crippen molar-refractivity contribution in [3.8, 4) is 17.2 Å². The second-order valence-electron chi connectivity index (χ2n) is 17.2. The number of methoxy groups -OCH3 is 1. The van der Waals surface area contributed by atoms with E-state index >= 15 is 0 Å². The fourth-order valence-corrected chi connectivity index (χ4v) is 9.15. The summed E-state index contributed by atoms with van der Waals surface area (Å²) >= 11 is 0. The average molecular weight is 838 g/mol. The first-order valence-corrected chi connectivity index (χ1v) is 21.6. The van der Waals surface area contributed by atoms with Crippen LogP contribution in [0.5, 0.6) is 17.2 Å². The zero-order valence-electron chi connectivity index (χ0n) is 36.3. The SMILES string of the molecule is C=CCO[C@@]12Oc3ccc(OC(=O)NCc4ccccc4)cc3[C@H]3[C@H](CCCCO)[C@@H](CCCCO)C=C(C(=NOC(C)(C)C)C[C@@H]1N(C)C(=O)Cc1cccc(OC)c1)[C@H]32. The number of carbonyl (C=O) groups excluding carboxylic acids is 2. The van der Waals surface area contributed by atoms with Gasteiger partial charge >= 0.3 is 6.09 Å². The molecule has 1 fully saturated rings. The number of likely N-dealkylation sites (N-methyl/N-ethyl adjacent to an activating group) is 1. The predicted molar refractivity (Wildman–Crippen MR) is 235 cm³/mol. The maximum Gasteiger partial charge on any atom is 0.412 e. The number of hydrogen-bond acceptors (Lipinski definition) is 10. The number of benzene rings is 3. The molecular formula is C49H63N3O9. The molecule has 0 unspecified atom stereocenters. The number of unbranched alkanes of at least 4 members (excludes halogenated alkanes) is 2. The lowest BCUT2D eigenvalue weighted by atomic mass is 9.55. The summed E-state index contributed by atoms with van der Waals surface area (Å²) in [5.74, 6) is -0.670. The monoisotopic (exact) mass is 837 g/mol. The molecule has 6 atom stereocenters. The number of amides is 2. The second kappa shape index (κ2) is 20.6. The van der Waals surface area contributed by atoms with Crippen molar-refractivity contribution in [3.63, 3.8) is 0 Å². The van der Waals surface area contributed by atoms with Crippen molar-refractivity contribution in [1.82, 2.24) is 10.2 Å². The predicted octanol–water partition coefficient (Wildman–Crippen LogP) is 8.12. The summed E-state index contributed by atoms with van der Waals surface area (Å²) in [6.07, 6.45) is 8.26. The standard InChI is InChI=1S/C49H63N3O9/c1-7-26-58-49-43(52(5)44(55)28-34-18-15-20-36(27-34)57-6)31-41(51-61-48(2,3)4)39-29-35(19-11-13-24-53)38(21-12-14-25-54)45(46(39)49)40-30-37(22-23-42(40)60-49)59-47(56)50-32-33-16-9-8-10-17-33/h7-10,15-18,20,22-23,27,29-30,35,38,43,45-46,53-54H,1,11-14,19,21,24-26,28,31-32H2,2-6H3,(H,50,56)/t35-,38+,43-,45+,46+,49+/m0/s1. The summed E-state index contributed by atoms with van der Waals surface area (Å²) in [7, 11) is 3.39. The van der Waals surface area contributed by atoms with Gasteiger partial charge in [-0.3, -0.25) is 4.79 Å². The third-order valence-corrected chi connectivity index (χ3v) is 11.9. The van der Waals surface area contributed by atoms with Crippen LogP contribution in [0.1, 0.15) is 88.3 Å². The van der Waals surface area contributed by atoms with Gasteiger partial charge in [0.2, 0.25) is 11.7 Å². The first kappa shape index (κ1) is 45.4. The van der Waals surface area contributed by atoms with E-state index in [4.69, 9.17) is 28.9 Å². The average Bonchev–Trinajstić information content (AvgIpc) is 3.25. The molecule has 0 aromatic heterocycles. The van der Waals surface area contributed by atoms with Crippen molar-refractivity contribution in [3.05, 3.63) is 114 Å². The van der Waals surface area contributed by atoms with Crippen LogP contribution in [-0.4, -0.2) is 84.2 Å². The first-order valence-electron chi connectivity index (χ1n) is 21.6. The Balaban J connectivity index is 1.50. The lowest BCUT2D eigenvalue weighted by molar-refractivity contribution is -0.255. The number of nitrogens with zero attached hydrogens (tertiary/aromatic N) is 2. The zero-order chi connectivity index (χ0) is 43.6. The van der Waals surface area contributed by atoms with Crippen molar-refractivity contribution >= 4 is 17.7 Å². The molecule has 12 nitrogen and oxygen atoms in total. The van der Waals surface area contributed by atoms with Gasteiger partial charge in [-0.1, -0.05) is 72.6 Å². The molecule has 3 aromatic rings. The molecule has 3 aromatic carbocycles. The van der Waals surface area contributed by atoms with Gasteiger partial charge in [-0.2, -0.15) is 0 Å². The van der Waals surface area contributed by atoms with E-state index < -0.39 is 29.4 Å². The van der Waals surface area contributed by atoms with Crippen molar-refractivity contribution < 1.29 is 43.6 Å². The molecule has 0 spiro atoms. The molecule has 61 heavy (non-hydrogen) atoms. The summed E-state index contributed by atoms with van der Waals surface area (Å²) in [4.78, 5) is 35.7. The quantitative estimate of drug-likeness (QED) is 0.0619. The molecule has 3 aliphatic rings. The number of allylic oxidation sites excluding steroid dienone is 1. The smallest absolute Gasteiger partial charge is 0.412 e. The number of nitrogens with one attached hydrogen (secondary N) is 1. The molecule has 1 aliphatic heterocycles. The Hall–Kier alpha value is -5.17. The fraction of sp³-hybridized carbons (Fsp3) is 0.490. The third kappa shape index (κ3) is 10.8. The number of aliphatic hydroxyl groups excluding tert-OH is 2. The summed E-state index contributed by atoms with van der Waals surface area (Å²) in [6.45, 7) is 10.5. The van der Waals surface area contributed by atoms with Crippen LogP contribution in [0.15, 0.2) is 102 Å². The minimum atomic E-state index is -1.40. The Morgan fingerprint density at radius 3 is 2.41 bits per heavy atom. The Labute approximate surface area is 360 Å². The molecule has 3 N–H and O–H groups in total. The van der Waals surface area contributed by atoms with Crippen molar-refractivity contribution in [2.24, 2.45) is 22.9 Å². The maximum atomic E-state index is 14.5. The summed E-state index contributed by atoms with van der Waals surface area (Å²) in [5, 5.41) is 27.5. The van der Waals surface area contributed by atoms with Crippen LogP contribution in [0.4, 0.5) is 4.79 Å². The summed E-state index contributed by atoms with van der Waals surface area (Å²) in [6, 6.07) is 21.9. The topological polar surface area (TPSA) is 148 Å². The van der Waals surface area contributed by atoms with Crippen LogP contribution in [0.3, 0.4) is 0 Å². The molecule has 1 saturated carbocycles. The number of rotatable bonds is 19. The van der Waals surface area contributed by atoms with Crippen LogP contribution < -0.4 is 19.5 Å². The Morgan fingerprint density at radius 2 is 1.70 bits per heavy atom. The number of oxime groups is 1. The van der Waals surface area contributed by atoms with E-state index in [0.717, 1.165) is 47.9 Å². The highest BCUT2D eigenvalue weighted by molar-refractivity contribution is 6.03. The molecule has 0 radical (unpaired) electrons. The van der Waals surface area contributed by atoms with Gasteiger partial charge in [0, 0.05) is 44.7 Å². The molecule has 0 bridgehead atoms. The van der Waals surface area contributed by atoms with Gasteiger partial charge in [-0.25, -0.2) is 4.79 Å². The highest BCUT2D eigenvalue weighted by Crippen LogP contribution is 2.62. The van der Waals surface area contributed by atoms with E-state index in [9.17, 15) is 19.8 Å². The summed E-state index contributed by atoms with van der Waals surface area (Å²) in [5.41, 5.74) is 3.63. The van der Waals surface area contributed by atoms with Crippen LogP contribution >= 0.6 is 0 Å². The fourth-order valence-electron chi connectivity index (χ4n) is 9.15. The normalized spacial score (nSPS) is 23.4. The van der Waals surface area contributed by atoms with E-state index in [2.05, 4.69) is 18.0 Å². The Kier molecular flexibility index (Phi) is 15.3. The third-order valence-electron chi connectivity index (χ3n) is 11.9. The molecular weight excluding hydrogens is 775 g/mol. The van der Waals surface area contributed by atoms with Crippen molar-refractivity contribution in [2.45, 2.75) is 102 Å². The maximum absolute atomic E-state index is 14.5. The van der Waals surface area contributed by atoms with Crippen LogP contribution in [0.25, 0.3) is 0 Å². The van der Waals surface area contributed by atoms with Gasteiger partial charge in [0.15, 0.2) is 0 Å². The number of hydrogen-bond donors (Lipinski definition) is 3. The lowest BCUT2D eigenvalue weighted by Crippen LogP contribution is -2.69. The highest BCUT2D eigenvalue weighted by atomic mass is 16.7. The van der Waals surface area contributed by atoms with Crippen LogP contribution in [0, 0.1) is 17.8 Å². The number of ether oxygens (including phenoxy) is 4. The molecule has 6 rings (SSSR count). The van der Waals surface area contributed by atoms with E-state index in [1.807, 2.05) is 87.5 Å². The van der Waals surface area contributed by atoms with Gasteiger partial charge in [0.1, 0.15) is 28.9 Å². The van der Waals surface area contributed by atoms with Gasteiger partial charge in [0.25, 0.3) is 0 Å². The lowest BCUT2D eigenvalue weighted by Gasteiger charge is -2.59. The first-order chi connectivity index (χ1) is 29.4.